The van der Waals surface area contributed by atoms with Crippen molar-refractivity contribution in [3.63, 3.8) is 0 Å². The van der Waals surface area contributed by atoms with Crippen molar-refractivity contribution in [2.75, 3.05) is 18.4 Å². The molecule has 0 aliphatic carbocycles. The zero-order chi connectivity index (χ0) is 15.5. The van der Waals surface area contributed by atoms with Gasteiger partial charge in [-0.05, 0) is 38.4 Å². The zero-order valence-electron chi connectivity index (χ0n) is 11.8. The lowest BCUT2D eigenvalue weighted by atomic mass is 9.76. The SMILES string of the molecule is CCC1(C(=O)Nc2cc([N+](=O)[O-])ccc2Cl)CCNCC1. The molecule has 1 fully saturated rings. The van der Waals surface area contributed by atoms with E-state index in [1.807, 2.05) is 6.92 Å². The number of piperidine rings is 1. The van der Waals surface area contributed by atoms with E-state index in [9.17, 15) is 14.9 Å². The Morgan fingerprint density at radius 3 is 2.71 bits per heavy atom. The van der Waals surface area contributed by atoms with Crippen LogP contribution in [-0.2, 0) is 4.79 Å². The summed E-state index contributed by atoms with van der Waals surface area (Å²) in [5, 5.41) is 17.1. The minimum absolute atomic E-state index is 0.0921. The summed E-state index contributed by atoms with van der Waals surface area (Å²) in [4.78, 5) is 22.9. The molecular formula is C14H18ClN3O3. The normalized spacial score (nSPS) is 17.2. The maximum Gasteiger partial charge on any atom is 0.271 e. The number of benzene rings is 1. The van der Waals surface area contributed by atoms with Crippen LogP contribution in [0.1, 0.15) is 26.2 Å². The third-order valence-electron chi connectivity index (χ3n) is 4.13. The third kappa shape index (κ3) is 3.33. The Bertz CT molecular complexity index is 556. The van der Waals surface area contributed by atoms with Crippen LogP contribution in [0.15, 0.2) is 18.2 Å². The number of nitrogens with zero attached hydrogens (tertiary/aromatic N) is 1. The molecule has 114 valence electrons. The van der Waals surface area contributed by atoms with Crippen molar-refractivity contribution in [3.05, 3.63) is 33.3 Å². The van der Waals surface area contributed by atoms with Crippen molar-refractivity contribution < 1.29 is 9.72 Å². The Morgan fingerprint density at radius 2 is 2.14 bits per heavy atom. The molecule has 1 aliphatic heterocycles. The Kier molecular flexibility index (Phi) is 4.80. The fourth-order valence-corrected chi connectivity index (χ4v) is 2.79. The van der Waals surface area contributed by atoms with Crippen LogP contribution in [0.3, 0.4) is 0 Å². The fourth-order valence-electron chi connectivity index (χ4n) is 2.62. The number of nitro groups is 1. The molecule has 0 radical (unpaired) electrons. The van der Waals surface area contributed by atoms with Crippen LogP contribution in [-0.4, -0.2) is 23.9 Å². The van der Waals surface area contributed by atoms with E-state index < -0.39 is 10.3 Å². The van der Waals surface area contributed by atoms with Gasteiger partial charge in [0.15, 0.2) is 0 Å². The molecule has 0 unspecified atom stereocenters. The highest BCUT2D eigenvalue weighted by Crippen LogP contribution is 2.35. The summed E-state index contributed by atoms with van der Waals surface area (Å²) in [6.45, 7) is 3.58. The molecule has 0 spiro atoms. The second-order valence-electron chi connectivity index (χ2n) is 5.26. The van der Waals surface area contributed by atoms with Crippen LogP contribution < -0.4 is 10.6 Å². The lowest BCUT2D eigenvalue weighted by molar-refractivity contribution is -0.384. The first-order valence-corrected chi connectivity index (χ1v) is 7.32. The summed E-state index contributed by atoms with van der Waals surface area (Å²) >= 11 is 6.02. The highest BCUT2D eigenvalue weighted by molar-refractivity contribution is 6.33. The zero-order valence-corrected chi connectivity index (χ0v) is 12.6. The quantitative estimate of drug-likeness (QED) is 0.661. The molecule has 1 aliphatic rings. The number of rotatable bonds is 4. The van der Waals surface area contributed by atoms with E-state index in [0.29, 0.717) is 10.7 Å². The van der Waals surface area contributed by atoms with Crippen LogP contribution in [0.5, 0.6) is 0 Å². The molecule has 1 aromatic carbocycles. The number of carbonyl (C=O) groups excluding carboxylic acids is 1. The first kappa shape index (κ1) is 15.7. The van der Waals surface area contributed by atoms with Gasteiger partial charge >= 0.3 is 0 Å². The van der Waals surface area contributed by atoms with Gasteiger partial charge in [0.2, 0.25) is 5.91 Å². The summed E-state index contributed by atoms with van der Waals surface area (Å²) in [6, 6.07) is 4.04. The van der Waals surface area contributed by atoms with Gasteiger partial charge in [0.05, 0.1) is 21.0 Å². The number of hydrogen-bond acceptors (Lipinski definition) is 4. The molecule has 1 heterocycles. The summed E-state index contributed by atoms with van der Waals surface area (Å²) in [5.41, 5.74) is -0.230. The topological polar surface area (TPSA) is 84.3 Å². The van der Waals surface area contributed by atoms with Crippen molar-refractivity contribution in [1.29, 1.82) is 0 Å². The standard InChI is InChI=1S/C14H18ClN3O3/c1-2-14(5-7-16-8-6-14)13(19)17-12-9-10(18(20)21)3-4-11(12)15/h3-4,9,16H,2,5-8H2,1H3,(H,17,19). The molecule has 1 amide bonds. The Morgan fingerprint density at radius 1 is 1.48 bits per heavy atom. The van der Waals surface area contributed by atoms with Gasteiger partial charge in [0.1, 0.15) is 0 Å². The molecule has 1 saturated heterocycles. The van der Waals surface area contributed by atoms with Crippen LogP contribution in [0, 0.1) is 15.5 Å². The average Bonchev–Trinajstić information content (AvgIpc) is 2.49. The molecule has 7 heteroatoms. The second-order valence-corrected chi connectivity index (χ2v) is 5.67. The molecule has 6 nitrogen and oxygen atoms in total. The van der Waals surface area contributed by atoms with E-state index >= 15 is 0 Å². The summed E-state index contributed by atoms with van der Waals surface area (Å²) in [5.74, 6) is -0.117. The van der Waals surface area contributed by atoms with Crippen molar-refractivity contribution in [2.45, 2.75) is 26.2 Å². The van der Waals surface area contributed by atoms with E-state index in [1.54, 1.807) is 0 Å². The highest BCUT2D eigenvalue weighted by Gasteiger charge is 2.38. The first-order valence-electron chi connectivity index (χ1n) is 6.94. The minimum Gasteiger partial charge on any atom is -0.324 e. The van der Waals surface area contributed by atoms with E-state index in [2.05, 4.69) is 10.6 Å². The molecule has 0 aromatic heterocycles. The number of anilines is 1. The molecule has 1 aromatic rings. The predicted molar refractivity (Wildman–Crippen MR) is 81.6 cm³/mol. The van der Waals surface area contributed by atoms with Crippen LogP contribution in [0.2, 0.25) is 5.02 Å². The summed E-state index contributed by atoms with van der Waals surface area (Å²) in [7, 11) is 0. The molecule has 21 heavy (non-hydrogen) atoms. The second kappa shape index (κ2) is 6.41. The Labute approximate surface area is 128 Å². The van der Waals surface area contributed by atoms with Crippen molar-refractivity contribution >= 4 is 28.9 Å². The number of amides is 1. The smallest absolute Gasteiger partial charge is 0.271 e. The van der Waals surface area contributed by atoms with Gasteiger partial charge < -0.3 is 10.6 Å². The highest BCUT2D eigenvalue weighted by atomic mass is 35.5. The first-order chi connectivity index (χ1) is 9.98. The van der Waals surface area contributed by atoms with Gasteiger partial charge in [-0.3, -0.25) is 14.9 Å². The van der Waals surface area contributed by atoms with Gasteiger partial charge in [-0.15, -0.1) is 0 Å². The van der Waals surface area contributed by atoms with Crippen LogP contribution in [0.25, 0.3) is 0 Å². The molecular weight excluding hydrogens is 294 g/mol. The maximum atomic E-state index is 12.6. The summed E-state index contributed by atoms with van der Waals surface area (Å²) in [6.07, 6.45) is 2.23. The maximum absolute atomic E-state index is 12.6. The van der Waals surface area contributed by atoms with Crippen molar-refractivity contribution in [3.8, 4) is 0 Å². The van der Waals surface area contributed by atoms with Crippen molar-refractivity contribution in [1.82, 2.24) is 5.32 Å². The lowest BCUT2D eigenvalue weighted by Gasteiger charge is -2.35. The number of halogens is 1. The number of hydrogen-bond donors (Lipinski definition) is 2. The molecule has 0 bridgehead atoms. The van der Waals surface area contributed by atoms with Gasteiger partial charge in [0.25, 0.3) is 5.69 Å². The van der Waals surface area contributed by atoms with E-state index in [1.165, 1.54) is 18.2 Å². The largest absolute Gasteiger partial charge is 0.324 e. The predicted octanol–water partition coefficient (Wildman–Crippen LogP) is 2.97. The van der Waals surface area contributed by atoms with Gasteiger partial charge in [-0.2, -0.15) is 0 Å². The monoisotopic (exact) mass is 311 g/mol. The van der Waals surface area contributed by atoms with Crippen molar-refractivity contribution in [2.24, 2.45) is 5.41 Å². The third-order valence-corrected chi connectivity index (χ3v) is 4.46. The number of nitro benzene ring substituents is 1. The molecule has 0 saturated carbocycles. The van der Waals surface area contributed by atoms with Gasteiger partial charge in [0, 0.05) is 12.1 Å². The fraction of sp³-hybridized carbons (Fsp3) is 0.500. The van der Waals surface area contributed by atoms with Crippen LogP contribution in [0.4, 0.5) is 11.4 Å². The number of carbonyl (C=O) groups is 1. The number of non-ortho nitro benzene ring substituents is 1. The van der Waals surface area contributed by atoms with Gasteiger partial charge in [-0.1, -0.05) is 18.5 Å². The van der Waals surface area contributed by atoms with Gasteiger partial charge in [-0.25, -0.2) is 0 Å². The van der Waals surface area contributed by atoms with Crippen LogP contribution >= 0.6 is 11.6 Å². The lowest BCUT2D eigenvalue weighted by Crippen LogP contribution is -2.44. The summed E-state index contributed by atoms with van der Waals surface area (Å²) < 4.78 is 0. The number of nitrogens with one attached hydrogen (secondary N) is 2. The van der Waals surface area contributed by atoms with E-state index in [-0.39, 0.29) is 11.6 Å². The molecule has 2 rings (SSSR count). The molecule has 2 N–H and O–H groups in total. The average molecular weight is 312 g/mol. The minimum atomic E-state index is -0.508. The van der Waals surface area contributed by atoms with E-state index in [0.717, 1.165) is 32.4 Å². The Hall–Kier alpha value is -1.66. The van der Waals surface area contributed by atoms with E-state index in [4.69, 9.17) is 11.6 Å². The molecule has 0 atom stereocenters. The Balaban J connectivity index is 2.22.